The van der Waals surface area contributed by atoms with Gasteiger partial charge in [-0.3, -0.25) is 23.0 Å². The number of alkyl halides is 2. The van der Waals surface area contributed by atoms with Crippen LogP contribution in [0.25, 0.3) is 28.0 Å². The van der Waals surface area contributed by atoms with E-state index in [-0.39, 0.29) is 46.0 Å². The summed E-state index contributed by atoms with van der Waals surface area (Å²) in [5, 5.41) is 0. The zero-order valence-electron chi connectivity index (χ0n) is 21.8. The molecule has 4 unspecified atom stereocenters. The first-order valence-corrected chi connectivity index (χ1v) is 17.8. The number of nitrogens with zero attached hydrogens (tertiary/aromatic N) is 7. The fourth-order valence-corrected chi connectivity index (χ4v) is 7.51. The molecule has 4 N–H and O–H groups in total. The fraction of sp³-hybridized carbons (Fsp3) is 0.333. The summed E-state index contributed by atoms with van der Waals surface area (Å²) < 4.78 is 75.1. The van der Waals surface area contributed by atoms with Gasteiger partial charge in [-0.15, -0.1) is 0 Å². The Morgan fingerprint density at radius 1 is 1.07 bits per heavy atom. The maximum atomic E-state index is 15.9. The molecule has 23 heteroatoms. The van der Waals surface area contributed by atoms with E-state index >= 15 is 8.78 Å². The van der Waals surface area contributed by atoms with Gasteiger partial charge in [-0.05, 0) is 18.7 Å². The van der Waals surface area contributed by atoms with Gasteiger partial charge < -0.3 is 29.4 Å². The average Bonchev–Trinajstić information content (AvgIpc) is 3.73. The summed E-state index contributed by atoms with van der Waals surface area (Å²) in [5.74, 6) is -2.49. The van der Waals surface area contributed by atoms with Crippen molar-refractivity contribution >= 4 is 71.4 Å². The van der Waals surface area contributed by atoms with Crippen LogP contribution in [0, 0.1) is 5.92 Å². The van der Waals surface area contributed by atoms with Gasteiger partial charge in [0.2, 0.25) is 12.4 Å². The zero-order chi connectivity index (χ0) is 31.0. The number of anilines is 1. The maximum absolute atomic E-state index is 15.9. The van der Waals surface area contributed by atoms with Crippen molar-refractivity contribution in [1.82, 2.24) is 39.0 Å². The van der Waals surface area contributed by atoms with E-state index in [9.17, 15) is 14.3 Å². The largest absolute Gasteiger partial charge is 0.465 e. The Kier molecular flexibility index (Phi) is 7.04. The molecule has 17 nitrogen and oxygen atoms in total. The highest BCUT2D eigenvalue weighted by molar-refractivity contribution is 8.44. The van der Waals surface area contributed by atoms with Gasteiger partial charge in [0.15, 0.2) is 46.1 Å². The molecule has 0 fully saturated rings. The van der Waals surface area contributed by atoms with Crippen LogP contribution in [0.4, 0.5) is 14.6 Å². The number of nitrogens with two attached hydrogens (primary N) is 1. The molecule has 0 spiro atoms. The second-order valence-electron chi connectivity index (χ2n) is 9.66. The van der Waals surface area contributed by atoms with E-state index in [0.717, 1.165) is 12.7 Å². The van der Waals surface area contributed by atoms with Gasteiger partial charge in [-0.25, -0.2) is 38.3 Å². The quantitative estimate of drug-likeness (QED) is 0.176. The number of rotatable bonds is 2. The topological polar surface area (TPSA) is 217 Å². The Morgan fingerprint density at radius 2 is 1.86 bits per heavy atom. The van der Waals surface area contributed by atoms with Crippen molar-refractivity contribution in [3.63, 3.8) is 0 Å². The van der Waals surface area contributed by atoms with Gasteiger partial charge in [-0.1, -0.05) is 0 Å². The third-order valence-corrected chi connectivity index (χ3v) is 9.89. The number of ether oxygens (including phenoxy) is 1. The van der Waals surface area contributed by atoms with Crippen LogP contribution >= 0.6 is 25.8 Å². The van der Waals surface area contributed by atoms with E-state index in [1.54, 1.807) is 0 Å². The van der Waals surface area contributed by atoms with Crippen molar-refractivity contribution in [3.05, 3.63) is 52.9 Å². The van der Waals surface area contributed by atoms with Crippen LogP contribution in [-0.4, -0.2) is 69.5 Å². The minimum Gasteiger partial charge on any atom is -0.465 e. The fourth-order valence-electron chi connectivity index (χ4n) is 4.97. The number of aromatic nitrogens is 8. The molecule has 4 aromatic rings. The van der Waals surface area contributed by atoms with E-state index in [1.165, 1.54) is 21.8 Å². The molecule has 6 atom stereocenters. The Morgan fingerprint density at radius 3 is 2.68 bits per heavy atom. The van der Waals surface area contributed by atoms with Gasteiger partial charge in [0.1, 0.15) is 31.1 Å². The second-order valence-corrected chi connectivity index (χ2v) is 15.3. The lowest BCUT2D eigenvalue weighted by Crippen LogP contribution is -2.20. The van der Waals surface area contributed by atoms with E-state index < -0.39 is 68.3 Å². The SMILES string of the molecule is Nc1ncnc2c1ncn2[C@@H]1OC2=C(OP(=O)(S)OC[C@H]3CC(n4cnc5c(=O)[nH]cnc54)=C(OP(O)(=S)OC2)C3F)C1F. The summed E-state index contributed by atoms with van der Waals surface area (Å²) in [7, 11) is 0. The number of nitrogens with one attached hydrogen (secondary N) is 1. The molecule has 0 saturated carbocycles. The Bertz CT molecular complexity index is 2050. The smallest absolute Gasteiger partial charge is 0.437 e. The number of nitrogen functional groups attached to an aromatic ring is 1. The van der Waals surface area contributed by atoms with Gasteiger partial charge in [0.05, 0.1) is 18.6 Å². The lowest BCUT2D eigenvalue weighted by molar-refractivity contribution is 0.0232. The summed E-state index contributed by atoms with van der Waals surface area (Å²) in [6.07, 6.45) is -1.03. The average molecular weight is 690 g/mol. The number of H-pyrrole nitrogens is 1. The van der Waals surface area contributed by atoms with Gasteiger partial charge in [-0.2, -0.15) is 0 Å². The van der Waals surface area contributed by atoms with Crippen LogP contribution in [0.5, 0.6) is 0 Å². The van der Waals surface area contributed by atoms with Crippen molar-refractivity contribution in [2.24, 2.45) is 5.92 Å². The van der Waals surface area contributed by atoms with E-state index in [1.807, 2.05) is 0 Å². The molecule has 2 bridgehead atoms. The number of halogens is 2. The highest BCUT2D eigenvalue weighted by Crippen LogP contribution is 2.60. The molecule has 0 radical (unpaired) electrons. The standard InChI is InChI=1S/C21H19F2N9O8P2S2/c22-11-8-1-9(31-6-30-14-19(31)27-5-28-20(14)33)15(11)39-42(35,44)37-3-10-16(40-41(34,43)36-2-8)12(23)21(38-10)32-7-29-13-17(24)25-4-26-18(13)32/h4-8,11-12,21H,1-3H2,(H,34,43)(H,35,44)(H2,24,25,26)(H,27,28,33)/t8-,11?,12?,21-,41?,42?/m1/s1. The first-order valence-electron chi connectivity index (χ1n) is 12.5. The molecule has 2 aliphatic heterocycles. The van der Waals surface area contributed by atoms with E-state index in [2.05, 4.69) is 42.2 Å². The molecule has 44 heavy (non-hydrogen) atoms. The summed E-state index contributed by atoms with van der Waals surface area (Å²) in [6.45, 7) is -10.1. The minimum absolute atomic E-state index is 0.0372. The molecule has 0 aromatic carbocycles. The summed E-state index contributed by atoms with van der Waals surface area (Å²) in [5.41, 5.74) is 5.72. The highest BCUT2D eigenvalue weighted by atomic mass is 32.7. The molecule has 232 valence electrons. The first-order chi connectivity index (χ1) is 20.9. The Balaban J connectivity index is 1.25. The Hall–Kier alpha value is -3.45. The van der Waals surface area contributed by atoms with Crippen molar-refractivity contribution in [3.8, 4) is 0 Å². The number of allylic oxidation sites excluding steroid dienone is 2. The normalized spacial score (nSPS) is 31.2. The van der Waals surface area contributed by atoms with Crippen molar-refractivity contribution in [2.75, 3.05) is 18.9 Å². The third kappa shape index (κ3) is 4.97. The number of imidazole rings is 2. The highest BCUT2D eigenvalue weighted by Gasteiger charge is 2.47. The summed E-state index contributed by atoms with van der Waals surface area (Å²) in [4.78, 5) is 45.7. The van der Waals surface area contributed by atoms with Crippen LogP contribution in [0.1, 0.15) is 12.6 Å². The zero-order valence-corrected chi connectivity index (χ0v) is 25.3. The molecule has 0 saturated heterocycles. The number of hydrogen-bond acceptors (Lipinski definition) is 14. The van der Waals surface area contributed by atoms with Crippen LogP contribution in [0.15, 0.2) is 47.4 Å². The molecular formula is C21H19F2N9O8P2S2. The lowest BCUT2D eigenvalue weighted by Gasteiger charge is -2.21. The van der Waals surface area contributed by atoms with E-state index in [4.69, 9.17) is 40.4 Å². The number of fused-ring (bicyclic) bond motifs is 4. The number of thiol groups is 1. The Labute approximate surface area is 254 Å². The molecule has 3 aliphatic rings. The molecule has 0 amide bonds. The van der Waals surface area contributed by atoms with E-state index in [0.29, 0.717) is 0 Å². The van der Waals surface area contributed by atoms with Crippen LogP contribution in [0.2, 0.25) is 0 Å². The van der Waals surface area contributed by atoms with Crippen molar-refractivity contribution < 1.29 is 41.1 Å². The third-order valence-electron chi connectivity index (χ3n) is 6.97. The molecule has 7 rings (SSSR count). The van der Waals surface area contributed by atoms with Gasteiger partial charge in [0.25, 0.3) is 5.56 Å². The predicted octanol–water partition coefficient (Wildman–Crippen LogP) is 2.48. The van der Waals surface area contributed by atoms with Crippen LogP contribution < -0.4 is 11.3 Å². The molecular weight excluding hydrogens is 670 g/mol. The number of hydrogen-bond donors (Lipinski definition) is 4. The first kappa shape index (κ1) is 29.3. The monoisotopic (exact) mass is 689 g/mol. The maximum Gasteiger partial charge on any atom is 0.437 e. The number of aromatic amines is 1. The van der Waals surface area contributed by atoms with Crippen LogP contribution in [0.3, 0.4) is 0 Å². The van der Waals surface area contributed by atoms with Crippen molar-refractivity contribution in [2.45, 2.75) is 25.0 Å². The lowest BCUT2D eigenvalue weighted by atomic mass is 10.1. The molecule has 1 aliphatic carbocycles. The van der Waals surface area contributed by atoms with Crippen LogP contribution in [-0.2, 0) is 39.2 Å². The molecule has 6 heterocycles. The second kappa shape index (κ2) is 10.6. The summed E-state index contributed by atoms with van der Waals surface area (Å²) >= 11 is 9.13. The van der Waals surface area contributed by atoms with Gasteiger partial charge >= 0.3 is 13.5 Å². The molecule has 4 aromatic heterocycles. The van der Waals surface area contributed by atoms with Crippen molar-refractivity contribution in [1.29, 1.82) is 0 Å². The predicted molar refractivity (Wildman–Crippen MR) is 153 cm³/mol. The van der Waals surface area contributed by atoms with Gasteiger partial charge in [0, 0.05) is 17.7 Å². The summed E-state index contributed by atoms with van der Waals surface area (Å²) in [6, 6.07) is 0. The minimum atomic E-state index is -4.43.